The summed E-state index contributed by atoms with van der Waals surface area (Å²) in [5.41, 5.74) is 2.84. The van der Waals surface area contributed by atoms with Crippen LogP contribution in [0.2, 0.25) is 0 Å². The Morgan fingerprint density at radius 2 is 1.97 bits per heavy atom. The second-order valence-corrected chi connectivity index (χ2v) is 10.5. The maximum absolute atomic E-state index is 12.4. The molecule has 0 amide bonds. The lowest BCUT2D eigenvalue weighted by Gasteiger charge is -2.38. The number of carbonyl (C=O) groups is 1. The summed E-state index contributed by atoms with van der Waals surface area (Å²) < 4.78 is 26.8. The minimum absolute atomic E-state index is 0.0829. The molecule has 0 saturated carbocycles. The highest BCUT2D eigenvalue weighted by Gasteiger charge is 2.35. The maximum atomic E-state index is 12.4. The Bertz CT molecular complexity index is 1330. The number of aromatic nitrogens is 4. The van der Waals surface area contributed by atoms with Crippen LogP contribution in [0.15, 0.2) is 23.2 Å². The van der Waals surface area contributed by atoms with Crippen LogP contribution in [-0.4, -0.2) is 51.8 Å². The zero-order valence-electron chi connectivity index (χ0n) is 18.8. The molecular formula is C22H27N5O4S. The van der Waals surface area contributed by atoms with E-state index in [9.17, 15) is 18.3 Å². The van der Waals surface area contributed by atoms with Gasteiger partial charge in [-0.05, 0) is 37.0 Å². The average molecular weight is 458 g/mol. The van der Waals surface area contributed by atoms with E-state index >= 15 is 0 Å². The lowest BCUT2D eigenvalue weighted by Crippen LogP contribution is -2.42. The first-order valence-electron chi connectivity index (χ1n) is 10.6. The zero-order valence-corrected chi connectivity index (χ0v) is 19.6. The van der Waals surface area contributed by atoms with Crippen molar-refractivity contribution in [3.05, 3.63) is 41.0 Å². The van der Waals surface area contributed by atoms with Gasteiger partial charge in [0.05, 0.1) is 33.2 Å². The number of imidazole rings is 1. The lowest BCUT2D eigenvalue weighted by molar-refractivity contribution is 0.0695. The zero-order chi connectivity index (χ0) is 23.4. The van der Waals surface area contributed by atoms with Gasteiger partial charge in [-0.25, -0.2) is 28.2 Å². The number of aromatic carboxylic acids is 1. The molecule has 0 aliphatic carbocycles. The van der Waals surface area contributed by atoms with Gasteiger partial charge in [0.15, 0.2) is 9.84 Å². The maximum Gasteiger partial charge on any atom is 0.339 e. The molecule has 10 heteroatoms. The third-order valence-electron chi connectivity index (χ3n) is 5.99. The predicted molar refractivity (Wildman–Crippen MR) is 121 cm³/mol. The van der Waals surface area contributed by atoms with Gasteiger partial charge in [-0.15, -0.1) is 0 Å². The van der Waals surface area contributed by atoms with Crippen LogP contribution in [0.1, 0.15) is 54.3 Å². The number of hydrogen-bond donors (Lipinski definition) is 1. The molecule has 0 bridgehead atoms. The Balaban J connectivity index is 1.86. The second kappa shape index (κ2) is 7.84. The number of fused-ring (bicyclic) bond motifs is 3. The molecule has 0 unspecified atom stereocenters. The number of carboxylic acid groups (broad SMARTS) is 1. The summed E-state index contributed by atoms with van der Waals surface area (Å²) in [6, 6.07) is 3.48. The standard InChI is InChI=1S/C22H27N5O4S/c1-6-14-9-16-17(10-18(14)32(5,30)31)26-7-8-27(19(12(2)3)20(26)25-16)22-23-11-15(21(28)29)13(4)24-22/h9-12,19H,6-8H2,1-5H3,(H,28,29)/t19-/m0/s1. The van der Waals surface area contributed by atoms with E-state index in [-0.39, 0.29) is 17.5 Å². The highest BCUT2D eigenvalue weighted by Crippen LogP contribution is 2.37. The van der Waals surface area contributed by atoms with E-state index in [4.69, 9.17) is 4.98 Å². The highest BCUT2D eigenvalue weighted by molar-refractivity contribution is 7.90. The van der Waals surface area contributed by atoms with Crippen molar-refractivity contribution in [3.63, 3.8) is 0 Å². The van der Waals surface area contributed by atoms with Gasteiger partial charge >= 0.3 is 5.97 Å². The number of rotatable bonds is 5. The third-order valence-corrected chi connectivity index (χ3v) is 7.17. The molecule has 1 aliphatic heterocycles. The smallest absolute Gasteiger partial charge is 0.339 e. The molecule has 4 rings (SSSR count). The molecule has 0 saturated heterocycles. The van der Waals surface area contributed by atoms with Crippen molar-refractivity contribution in [1.82, 2.24) is 19.5 Å². The van der Waals surface area contributed by atoms with E-state index in [0.717, 1.165) is 22.4 Å². The Labute approximate surface area is 187 Å². The molecular weight excluding hydrogens is 430 g/mol. The normalized spacial score (nSPS) is 16.6. The molecule has 3 aromatic rings. The Kier molecular flexibility index (Phi) is 5.44. The van der Waals surface area contributed by atoms with Crippen LogP contribution in [0, 0.1) is 12.8 Å². The molecule has 0 fully saturated rings. The summed E-state index contributed by atoms with van der Waals surface area (Å²) in [6.07, 6.45) is 3.18. The molecule has 32 heavy (non-hydrogen) atoms. The quantitative estimate of drug-likeness (QED) is 0.621. The molecule has 0 spiro atoms. The van der Waals surface area contributed by atoms with Crippen molar-refractivity contribution in [2.24, 2.45) is 5.92 Å². The lowest BCUT2D eigenvalue weighted by atomic mass is 10.00. The molecule has 0 radical (unpaired) electrons. The number of anilines is 1. The third kappa shape index (κ3) is 3.62. The van der Waals surface area contributed by atoms with Crippen molar-refractivity contribution in [2.75, 3.05) is 17.7 Å². The average Bonchev–Trinajstić information content (AvgIpc) is 3.08. The van der Waals surface area contributed by atoms with E-state index in [2.05, 4.69) is 33.3 Å². The van der Waals surface area contributed by atoms with Crippen molar-refractivity contribution < 1.29 is 18.3 Å². The van der Waals surface area contributed by atoms with Crippen LogP contribution >= 0.6 is 0 Å². The Morgan fingerprint density at radius 1 is 1.25 bits per heavy atom. The van der Waals surface area contributed by atoms with Crippen molar-refractivity contribution in [3.8, 4) is 0 Å². The fourth-order valence-corrected chi connectivity index (χ4v) is 5.47. The van der Waals surface area contributed by atoms with Crippen molar-refractivity contribution in [2.45, 2.75) is 51.6 Å². The van der Waals surface area contributed by atoms with E-state index < -0.39 is 15.8 Å². The van der Waals surface area contributed by atoms with Crippen molar-refractivity contribution in [1.29, 1.82) is 0 Å². The van der Waals surface area contributed by atoms with Gasteiger partial charge in [-0.3, -0.25) is 0 Å². The molecule has 1 aromatic carbocycles. The van der Waals surface area contributed by atoms with Gasteiger partial charge in [0.25, 0.3) is 0 Å². The van der Waals surface area contributed by atoms with Gasteiger partial charge in [0, 0.05) is 25.5 Å². The van der Waals surface area contributed by atoms with Crippen molar-refractivity contribution >= 4 is 32.8 Å². The highest BCUT2D eigenvalue weighted by atomic mass is 32.2. The first-order chi connectivity index (χ1) is 15.0. The molecule has 1 atom stereocenters. The SMILES string of the molecule is CCc1cc2nc3n(c2cc1S(C)(=O)=O)CCN(c1ncc(C(=O)O)c(C)n1)[C@H]3C(C)C. The van der Waals surface area contributed by atoms with Gasteiger partial charge in [0.1, 0.15) is 5.82 Å². The number of carboxylic acids is 1. The summed E-state index contributed by atoms with van der Waals surface area (Å²) in [6.45, 7) is 8.96. The van der Waals surface area contributed by atoms with Crippen LogP contribution in [0.5, 0.6) is 0 Å². The predicted octanol–water partition coefficient (Wildman–Crippen LogP) is 3.02. The van der Waals surface area contributed by atoms with Crippen LogP contribution in [0.25, 0.3) is 11.0 Å². The Morgan fingerprint density at radius 3 is 2.53 bits per heavy atom. The van der Waals surface area contributed by atoms with Crippen LogP contribution in [0.4, 0.5) is 5.95 Å². The fraction of sp³-hybridized carbons (Fsp3) is 0.455. The van der Waals surface area contributed by atoms with Crippen LogP contribution < -0.4 is 4.90 Å². The summed E-state index contributed by atoms with van der Waals surface area (Å²) in [5, 5.41) is 9.29. The number of aryl methyl sites for hydroxylation is 2. The van der Waals surface area contributed by atoms with Gasteiger partial charge in [-0.2, -0.15) is 0 Å². The largest absolute Gasteiger partial charge is 0.478 e. The van der Waals surface area contributed by atoms with E-state index in [1.54, 1.807) is 13.0 Å². The number of hydrogen-bond acceptors (Lipinski definition) is 7. The number of nitrogens with zero attached hydrogens (tertiary/aromatic N) is 5. The van der Waals surface area contributed by atoms with E-state index in [0.29, 0.717) is 36.0 Å². The summed E-state index contributed by atoms with van der Waals surface area (Å²) in [5.74, 6) is 0.408. The van der Waals surface area contributed by atoms with Crippen LogP contribution in [0.3, 0.4) is 0 Å². The number of sulfone groups is 1. The summed E-state index contributed by atoms with van der Waals surface area (Å²) in [4.78, 5) is 27.5. The minimum Gasteiger partial charge on any atom is -0.478 e. The van der Waals surface area contributed by atoms with E-state index in [1.165, 1.54) is 12.5 Å². The Hall–Kier alpha value is -3.01. The topological polar surface area (TPSA) is 118 Å². The molecule has 3 heterocycles. The molecule has 1 N–H and O–H groups in total. The number of benzene rings is 1. The van der Waals surface area contributed by atoms with Gasteiger partial charge < -0.3 is 14.6 Å². The van der Waals surface area contributed by atoms with Gasteiger partial charge in [0.2, 0.25) is 5.95 Å². The second-order valence-electron chi connectivity index (χ2n) is 8.55. The fourth-order valence-electron chi connectivity index (χ4n) is 4.47. The first-order valence-corrected chi connectivity index (χ1v) is 12.5. The van der Waals surface area contributed by atoms with Crippen LogP contribution in [-0.2, 0) is 22.8 Å². The molecule has 9 nitrogen and oxygen atoms in total. The van der Waals surface area contributed by atoms with Gasteiger partial charge in [-0.1, -0.05) is 20.8 Å². The summed E-state index contributed by atoms with van der Waals surface area (Å²) in [7, 11) is -3.36. The van der Waals surface area contributed by atoms with E-state index in [1.807, 2.05) is 13.0 Å². The molecule has 2 aromatic heterocycles. The molecule has 170 valence electrons. The summed E-state index contributed by atoms with van der Waals surface area (Å²) >= 11 is 0. The first kappa shape index (κ1) is 22.2. The molecule has 1 aliphatic rings. The minimum atomic E-state index is -3.36. The monoisotopic (exact) mass is 457 g/mol.